The molecule has 0 saturated heterocycles. The number of benzene rings is 2. The molecule has 1 heterocycles. The molecule has 0 saturated carbocycles. The maximum atomic E-state index is 11.5. The third-order valence-electron chi connectivity index (χ3n) is 5.72. The number of aryl methyl sites for hydroxylation is 1. The van der Waals surface area contributed by atoms with E-state index in [1.165, 1.54) is 51.2 Å². The van der Waals surface area contributed by atoms with E-state index in [-0.39, 0.29) is 0 Å². The molecule has 0 aliphatic heterocycles. The maximum Gasteiger partial charge on any atom is 0.346 e. The predicted octanol–water partition coefficient (Wildman–Crippen LogP) is 6.65. The van der Waals surface area contributed by atoms with Gasteiger partial charge in [-0.1, -0.05) is 75.4 Å². The Morgan fingerprint density at radius 2 is 1.42 bits per heavy atom. The Hall–Kier alpha value is -3.21. The lowest BCUT2D eigenvalue weighted by molar-refractivity contribution is -0.147. The van der Waals surface area contributed by atoms with E-state index in [0.29, 0.717) is 5.75 Å². The van der Waals surface area contributed by atoms with Crippen LogP contribution in [0, 0.1) is 0 Å². The minimum absolute atomic E-state index is 0.404. The fourth-order valence-electron chi connectivity index (χ4n) is 3.70. The van der Waals surface area contributed by atoms with Crippen molar-refractivity contribution in [1.82, 2.24) is 9.97 Å². The Kier molecular flexibility index (Phi) is 9.43. The molecule has 3 aromatic rings. The average Bonchev–Trinajstić information content (AvgIpc) is 2.86. The standard InChI is InChI=1S/C28H34N2O3/c1-4-5-6-7-8-9-10-22-11-13-24(14-12-22)27-29-19-25(20-30-27)23-15-17-26(18-16-23)33-21(2)28(31)32-3/h11-21H,4-10H2,1-3H3. The predicted molar refractivity (Wildman–Crippen MR) is 132 cm³/mol. The summed E-state index contributed by atoms with van der Waals surface area (Å²) in [6.07, 6.45) is 12.0. The highest BCUT2D eigenvalue weighted by Gasteiger charge is 2.14. The highest BCUT2D eigenvalue weighted by Crippen LogP contribution is 2.24. The first-order chi connectivity index (χ1) is 16.1. The van der Waals surface area contributed by atoms with Gasteiger partial charge in [-0.2, -0.15) is 0 Å². The molecule has 1 unspecified atom stereocenters. The summed E-state index contributed by atoms with van der Waals surface area (Å²) in [5.41, 5.74) is 4.29. The van der Waals surface area contributed by atoms with Gasteiger partial charge in [-0.05, 0) is 43.0 Å². The number of ether oxygens (including phenoxy) is 2. The van der Waals surface area contributed by atoms with Gasteiger partial charge in [0.1, 0.15) is 5.75 Å². The van der Waals surface area contributed by atoms with E-state index in [0.717, 1.165) is 28.9 Å². The van der Waals surface area contributed by atoms with Gasteiger partial charge in [-0.15, -0.1) is 0 Å². The quantitative estimate of drug-likeness (QED) is 0.230. The summed E-state index contributed by atoms with van der Waals surface area (Å²) in [7, 11) is 1.35. The van der Waals surface area contributed by atoms with Crippen LogP contribution in [0.2, 0.25) is 0 Å². The summed E-state index contributed by atoms with van der Waals surface area (Å²) in [5, 5.41) is 0. The molecule has 0 fully saturated rings. The summed E-state index contributed by atoms with van der Waals surface area (Å²) in [6, 6.07) is 16.1. The van der Waals surface area contributed by atoms with Crippen molar-refractivity contribution in [3.05, 3.63) is 66.5 Å². The third-order valence-corrected chi connectivity index (χ3v) is 5.72. The van der Waals surface area contributed by atoms with Crippen LogP contribution in [0.3, 0.4) is 0 Å². The molecule has 0 radical (unpaired) electrons. The molecule has 174 valence electrons. The van der Waals surface area contributed by atoms with Crippen LogP contribution in [-0.4, -0.2) is 29.2 Å². The van der Waals surface area contributed by atoms with Crippen molar-refractivity contribution >= 4 is 5.97 Å². The van der Waals surface area contributed by atoms with Crippen LogP contribution in [0.1, 0.15) is 57.9 Å². The van der Waals surface area contributed by atoms with Crippen LogP contribution < -0.4 is 4.74 Å². The monoisotopic (exact) mass is 446 g/mol. The molecule has 0 spiro atoms. The molecule has 1 aromatic heterocycles. The van der Waals surface area contributed by atoms with E-state index in [1.54, 1.807) is 6.92 Å². The molecule has 0 aliphatic carbocycles. The van der Waals surface area contributed by atoms with Gasteiger partial charge in [0.25, 0.3) is 0 Å². The van der Waals surface area contributed by atoms with E-state index in [2.05, 4.69) is 45.9 Å². The Bertz CT molecular complexity index is 983. The molecular formula is C28H34N2O3. The normalized spacial score (nSPS) is 11.7. The molecule has 1 atom stereocenters. The number of hydrogen-bond donors (Lipinski definition) is 0. The molecular weight excluding hydrogens is 412 g/mol. The van der Waals surface area contributed by atoms with Crippen molar-refractivity contribution in [2.45, 2.75) is 64.9 Å². The van der Waals surface area contributed by atoms with Gasteiger partial charge in [0.05, 0.1) is 7.11 Å². The van der Waals surface area contributed by atoms with E-state index < -0.39 is 12.1 Å². The van der Waals surface area contributed by atoms with Crippen molar-refractivity contribution in [3.8, 4) is 28.3 Å². The Balaban J connectivity index is 1.55. The van der Waals surface area contributed by atoms with E-state index >= 15 is 0 Å². The van der Waals surface area contributed by atoms with Gasteiger partial charge >= 0.3 is 5.97 Å². The SMILES string of the molecule is CCCCCCCCc1ccc(-c2ncc(-c3ccc(OC(C)C(=O)OC)cc3)cn2)cc1. The van der Waals surface area contributed by atoms with E-state index in [4.69, 9.17) is 4.74 Å². The van der Waals surface area contributed by atoms with Crippen LogP contribution >= 0.6 is 0 Å². The van der Waals surface area contributed by atoms with Gasteiger partial charge < -0.3 is 9.47 Å². The first kappa shape index (κ1) is 24.4. The summed E-state index contributed by atoms with van der Waals surface area (Å²) in [5.74, 6) is 0.922. The number of esters is 1. The summed E-state index contributed by atoms with van der Waals surface area (Å²) < 4.78 is 10.3. The zero-order chi connectivity index (χ0) is 23.5. The van der Waals surface area contributed by atoms with Crippen LogP contribution in [0.5, 0.6) is 5.75 Å². The molecule has 0 N–H and O–H groups in total. The zero-order valence-electron chi connectivity index (χ0n) is 19.9. The van der Waals surface area contributed by atoms with Gasteiger partial charge in [-0.3, -0.25) is 0 Å². The fraction of sp³-hybridized carbons (Fsp3) is 0.393. The molecule has 0 amide bonds. The van der Waals surface area contributed by atoms with Gasteiger partial charge in [0.15, 0.2) is 11.9 Å². The summed E-state index contributed by atoms with van der Waals surface area (Å²) in [6.45, 7) is 3.91. The lowest BCUT2D eigenvalue weighted by Crippen LogP contribution is -2.24. The minimum atomic E-state index is -0.652. The van der Waals surface area contributed by atoms with Crippen molar-refractivity contribution in [2.24, 2.45) is 0 Å². The number of hydrogen-bond acceptors (Lipinski definition) is 5. The summed E-state index contributed by atoms with van der Waals surface area (Å²) >= 11 is 0. The first-order valence-electron chi connectivity index (χ1n) is 11.9. The molecule has 0 bridgehead atoms. The largest absolute Gasteiger partial charge is 0.479 e. The molecule has 3 rings (SSSR count). The Morgan fingerprint density at radius 3 is 2.06 bits per heavy atom. The van der Waals surface area contributed by atoms with E-state index in [1.807, 2.05) is 36.7 Å². The minimum Gasteiger partial charge on any atom is -0.479 e. The van der Waals surface area contributed by atoms with Crippen LogP contribution in [0.4, 0.5) is 0 Å². The van der Waals surface area contributed by atoms with Crippen molar-refractivity contribution in [3.63, 3.8) is 0 Å². The lowest BCUT2D eigenvalue weighted by atomic mass is 10.0. The van der Waals surface area contributed by atoms with Gasteiger partial charge in [0, 0.05) is 23.5 Å². The number of aromatic nitrogens is 2. The highest BCUT2D eigenvalue weighted by atomic mass is 16.6. The number of carbonyl (C=O) groups excluding carboxylic acids is 1. The van der Waals surface area contributed by atoms with E-state index in [9.17, 15) is 4.79 Å². The van der Waals surface area contributed by atoms with Crippen molar-refractivity contribution in [2.75, 3.05) is 7.11 Å². The van der Waals surface area contributed by atoms with Crippen LogP contribution in [0.15, 0.2) is 60.9 Å². The van der Waals surface area contributed by atoms with Crippen molar-refractivity contribution < 1.29 is 14.3 Å². The first-order valence-corrected chi connectivity index (χ1v) is 11.9. The second kappa shape index (κ2) is 12.7. The fourth-order valence-corrected chi connectivity index (χ4v) is 3.70. The molecule has 0 aliphatic rings. The molecule has 2 aromatic carbocycles. The number of methoxy groups -OCH3 is 1. The van der Waals surface area contributed by atoms with Gasteiger partial charge in [-0.25, -0.2) is 14.8 Å². The second-order valence-electron chi connectivity index (χ2n) is 8.32. The molecule has 5 nitrogen and oxygen atoms in total. The topological polar surface area (TPSA) is 61.3 Å². The van der Waals surface area contributed by atoms with Crippen LogP contribution in [-0.2, 0) is 16.0 Å². The Labute approximate surface area is 197 Å². The number of carbonyl (C=O) groups is 1. The third kappa shape index (κ3) is 7.41. The number of rotatable bonds is 12. The zero-order valence-corrected chi connectivity index (χ0v) is 19.9. The molecule has 33 heavy (non-hydrogen) atoms. The van der Waals surface area contributed by atoms with Crippen molar-refractivity contribution in [1.29, 1.82) is 0 Å². The lowest BCUT2D eigenvalue weighted by Gasteiger charge is -2.12. The number of unbranched alkanes of at least 4 members (excludes halogenated alkanes) is 5. The number of nitrogens with zero attached hydrogens (tertiary/aromatic N) is 2. The smallest absolute Gasteiger partial charge is 0.346 e. The van der Waals surface area contributed by atoms with Crippen LogP contribution in [0.25, 0.3) is 22.5 Å². The second-order valence-corrected chi connectivity index (χ2v) is 8.32. The maximum absolute atomic E-state index is 11.5. The molecule has 5 heteroatoms. The average molecular weight is 447 g/mol. The Morgan fingerprint density at radius 1 is 0.818 bits per heavy atom. The van der Waals surface area contributed by atoms with Gasteiger partial charge in [0.2, 0.25) is 0 Å². The highest BCUT2D eigenvalue weighted by molar-refractivity contribution is 5.74. The summed E-state index contributed by atoms with van der Waals surface area (Å²) in [4.78, 5) is 20.6.